The minimum absolute atomic E-state index is 0.274. The quantitative estimate of drug-likeness (QED) is 0.242. The molecule has 0 bridgehead atoms. The first-order valence-electron chi connectivity index (χ1n) is 8.37. The van der Waals surface area contributed by atoms with Gasteiger partial charge in [-0.05, 0) is 23.9 Å². The van der Waals surface area contributed by atoms with Crippen molar-refractivity contribution in [3.05, 3.63) is 24.0 Å². The largest absolute Gasteiger partial charge is 0.493 e. The summed E-state index contributed by atoms with van der Waals surface area (Å²) in [6.07, 6.45) is 6.76. The molecule has 11 heteroatoms. The van der Waals surface area contributed by atoms with Gasteiger partial charge in [0.2, 0.25) is 5.75 Å². The normalized spacial score (nSPS) is 10.2. The van der Waals surface area contributed by atoms with Crippen molar-refractivity contribution >= 4 is 23.5 Å². The van der Waals surface area contributed by atoms with Gasteiger partial charge in [-0.15, -0.1) is 6.42 Å². The van der Waals surface area contributed by atoms with Crippen molar-refractivity contribution in [3.8, 4) is 46.9 Å². The molecule has 152 valence electrons. The van der Waals surface area contributed by atoms with Crippen LogP contribution in [0.3, 0.4) is 0 Å². The Kier molecular flexibility index (Phi) is 7.01. The molecule has 30 heavy (non-hydrogen) atoms. The summed E-state index contributed by atoms with van der Waals surface area (Å²) in [5.74, 6) is 4.25. The van der Waals surface area contributed by atoms with Gasteiger partial charge in [-0.1, -0.05) is 17.7 Å². The van der Waals surface area contributed by atoms with Crippen LogP contribution in [0.15, 0.2) is 33.8 Å². The monoisotopic (exact) mass is 440 g/mol. The van der Waals surface area contributed by atoms with Crippen LogP contribution in [-0.4, -0.2) is 52.2 Å². The van der Waals surface area contributed by atoms with Gasteiger partial charge in [0.05, 0.1) is 32.8 Å². The predicted octanol–water partition coefficient (Wildman–Crippen LogP) is 3.04. The van der Waals surface area contributed by atoms with Crippen molar-refractivity contribution in [2.75, 3.05) is 27.1 Å². The van der Waals surface area contributed by atoms with Crippen LogP contribution in [0.1, 0.15) is 5.56 Å². The fourth-order valence-electron chi connectivity index (χ4n) is 2.53. The molecule has 2 aromatic heterocycles. The zero-order chi connectivity index (χ0) is 21.5. The van der Waals surface area contributed by atoms with E-state index in [-0.39, 0.29) is 5.56 Å². The van der Waals surface area contributed by atoms with Crippen LogP contribution in [0.5, 0.6) is 17.2 Å². The number of benzene rings is 1. The topological polar surface area (TPSA) is 119 Å². The van der Waals surface area contributed by atoms with Crippen LogP contribution in [0.4, 0.5) is 0 Å². The van der Waals surface area contributed by atoms with Crippen LogP contribution in [0.2, 0.25) is 0 Å². The number of nitriles is 1. The first-order valence-corrected chi connectivity index (χ1v) is 10.2. The lowest BCUT2D eigenvalue weighted by molar-refractivity contribution is 0.324. The van der Waals surface area contributed by atoms with Gasteiger partial charge in [-0.2, -0.15) is 10.4 Å². The van der Waals surface area contributed by atoms with Gasteiger partial charge in [0.25, 0.3) is 0 Å². The first-order chi connectivity index (χ1) is 14.6. The van der Waals surface area contributed by atoms with Crippen LogP contribution in [0, 0.1) is 23.7 Å². The molecule has 0 unspecified atom stereocenters. The van der Waals surface area contributed by atoms with E-state index in [1.54, 1.807) is 12.1 Å². The number of ether oxygens (including phenoxy) is 3. The highest BCUT2D eigenvalue weighted by molar-refractivity contribution is 7.99. The third-order valence-electron chi connectivity index (χ3n) is 3.78. The number of aromatic nitrogens is 5. The lowest BCUT2D eigenvalue weighted by Crippen LogP contribution is -2.01. The molecule has 0 aliphatic rings. The number of hydrogen-bond donors (Lipinski definition) is 1. The standard InChI is InChI=1S/C19H16N6O3S2/c1-5-6-29-19-23-15(11-7-13(26-2)16(28-4)14(8-11)27-3)12(9-20)17(24-19)30-18-21-10-22-25-18/h1,7-8,10H,6H2,2-4H3,(H,21,22,25). The number of methoxy groups -OCH3 is 3. The zero-order valence-corrected chi connectivity index (χ0v) is 17.9. The van der Waals surface area contributed by atoms with E-state index < -0.39 is 0 Å². The van der Waals surface area contributed by atoms with Crippen molar-refractivity contribution in [2.45, 2.75) is 15.3 Å². The van der Waals surface area contributed by atoms with E-state index in [9.17, 15) is 5.26 Å². The van der Waals surface area contributed by atoms with Gasteiger partial charge in [-0.3, -0.25) is 5.10 Å². The zero-order valence-electron chi connectivity index (χ0n) is 16.3. The van der Waals surface area contributed by atoms with Gasteiger partial charge in [0, 0.05) is 5.56 Å². The number of H-pyrrole nitrogens is 1. The second kappa shape index (κ2) is 9.87. The molecule has 0 saturated heterocycles. The maximum absolute atomic E-state index is 9.89. The SMILES string of the molecule is C#CCSc1nc(Sc2ncn[nH]2)c(C#N)c(-c2cc(OC)c(OC)c(OC)c2)n1. The average Bonchev–Trinajstić information content (AvgIpc) is 3.29. The Bertz CT molecular complexity index is 1100. The molecule has 0 atom stereocenters. The average molecular weight is 441 g/mol. The van der Waals surface area contributed by atoms with Gasteiger partial charge in [0.15, 0.2) is 21.8 Å². The van der Waals surface area contributed by atoms with Crippen LogP contribution >= 0.6 is 23.5 Å². The summed E-state index contributed by atoms with van der Waals surface area (Å²) < 4.78 is 16.2. The minimum atomic E-state index is 0.274. The number of aromatic amines is 1. The lowest BCUT2D eigenvalue weighted by Gasteiger charge is -2.15. The molecular weight excluding hydrogens is 424 g/mol. The van der Waals surface area contributed by atoms with E-state index in [0.717, 1.165) is 0 Å². The van der Waals surface area contributed by atoms with Crippen molar-refractivity contribution in [1.82, 2.24) is 25.1 Å². The maximum Gasteiger partial charge on any atom is 0.203 e. The van der Waals surface area contributed by atoms with E-state index in [2.05, 4.69) is 37.1 Å². The third kappa shape index (κ3) is 4.43. The molecule has 3 aromatic rings. The Morgan fingerprint density at radius 1 is 1.13 bits per heavy atom. The summed E-state index contributed by atoms with van der Waals surface area (Å²) in [7, 11) is 4.56. The summed E-state index contributed by atoms with van der Waals surface area (Å²) in [6.45, 7) is 0. The second-order valence-corrected chi connectivity index (χ2v) is 7.37. The van der Waals surface area contributed by atoms with Crippen LogP contribution in [0.25, 0.3) is 11.3 Å². The highest BCUT2D eigenvalue weighted by Gasteiger charge is 2.21. The Balaban J connectivity index is 2.22. The molecule has 0 amide bonds. The Hall–Kier alpha value is -3.41. The Labute approximate surface area is 181 Å². The molecule has 0 fully saturated rings. The van der Waals surface area contributed by atoms with Crippen LogP contribution < -0.4 is 14.2 Å². The number of thioether (sulfide) groups is 1. The van der Waals surface area contributed by atoms with Gasteiger partial charge in [-0.25, -0.2) is 15.0 Å². The summed E-state index contributed by atoms with van der Waals surface area (Å²) in [5.41, 5.74) is 1.29. The van der Waals surface area contributed by atoms with E-state index in [4.69, 9.17) is 20.6 Å². The number of hydrogen-bond acceptors (Lipinski definition) is 10. The fraction of sp³-hybridized carbons (Fsp3) is 0.211. The van der Waals surface area contributed by atoms with Crippen molar-refractivity contribution < 1.29 is 14.2 Å². The summed E-state index contributed by atoms with van der Waals surface area (Å²) in [4.78, 5) is 13.1. The molecule has 3 rings (SSSR count). The van der Waals surface area contributed by atoms with Gasteiger partial charge >= 0.3 is 0 Å². The summed E-state index contributed by atoms with van der Waals surface area (Å²) in [5, 5.41) is 17.8. The number of nitrogens with zero attached hydrogens (tertiary/aromatic N) is 5. The van der Waals surface area contributed by atoms with Crippen molar-refractivity contribution in [3.63, 3.8) is 0 Å². The first kappa shape index (κ1) is 21.3. The predicted molar refractivity (Wildman–Crippen MR) is 112 cm³/mol. The van der Waals surface area contributed by atoms with E-state index >= 15 is 0 Å². The number of rotatable bonds is 8. The second-order valence-electron chi connectivity index (χ2n) is 5.45. The van der Waals surface area contributed by atoms with Gasteiger partial charge in [0.1, 0.15) is 23.0 Å². The molecule has 0 spiro atoms. The minimum Gasteiger partial charge on any atom is -0.493 e. The lowest BCUT2D eigenvalue weighted by atomic mass is 10.1. The Morgan fingerprint density at radius 2 is 1.87 bits per heavy atom. The highest BCUT2D eigenvalue weighted by Crippen LogP contribution is 2.42. The fourth-order valence-corrected chi connectivity index (χ4v) is 3.87. The molecule has 0 radical (unpaired) electrons. The maximum atomic E-state index is 9.89. The van der Waals surface area contributed by atoms with E-state index in [0.29, 0.717) is 49.6 Å². The summed E-state index contributed by atoms with van der Waals surface area (Å²) >= 11 is 2.46. The van der Waals surface area contributed by atoms with Gasteiger partial charge < -0.3 is 14.2 Å². The molecule has 0 saturated carbocycles. The number of terminal acetylenes is 1. The smallest absolute Gasteiger partial charge is 0.203 e. The molecule has 0 aliphatic heterocycles. The highest BCUT2D eigenvalue weighted by atomic mass is 32.2. The molecular formula is C19H16N6O3S2. The number of nitrogens with one attached hydrogen (secondary N) is 1. The van der Waals surface area contributed by atoms with Crippen LogP contribution in [-0.2, 0) is 0 Å². The van der Waals surface area contributed by atoms with E-state index in [1.165, 1.54) is 51.2 Å². The Morgan fingerprint density at radius 3 is 2.40 bits per heavy atom. The van der Waals surface area contributed by atoms with Crippen molar-refractivity contribution in [1.29, 1.82) is 5.26 Å². The third-order valence-corrected chi connectivity index (χ3v) is 5.41. The molecule has 1 aromatic carbocycles. The molecule has 1 N–H and O–H groups in total. The molecule has 2 heterocycles. The molecule has 0 aliphatic carbocycles. The van der Waals surface area contributed by atoms with Crippen molar-refractivity contribution in [2.24, 2.45) is 0 Å². The van der Waals surface area contributed by atoms with E-state index in [1.807, 2.05) is 0 Å². The molecule has 9 nitrogen and oxygen atoms in total. The summed E-state index contributed by atoms with van der Waals surface area (Å²) in [6, 6.07) is 5.64.